The van der Waals surface area contributed by atoms with Crippen LogP contribution in [0.25, 0.3) is 0 Å². The highest BCUT2D eigenvalue weighted by atomic mass is 14.0. The second-order valence-corrected chi connectivity index (χ2v) is 10.4. The van der Waals surface area contributed by atoms with Crippen LogP contribution in [-0.4, -0.2) is 0 Å². The first-order valence-corrected chi connectivity index (χ1v) is 15.3. The molecule has 0 rings (SSSR count). The molecule has 1 unspecified atom stereocenters. The lowest BCUT2D eigenvalue weighted by atomic mass is 10.0. The molecule has 192 valence electrons. The molecular weight excluding hydrogens is 396 g/mol. The van der Waals surface area contributed by atoms with Crippen LogP contribution in [0, 0.1) is 30.1 Å². The molecule has 0 spiro atoms. The fourth-order valence-corrected chi connectivity index (χ4v) is 4.64. The van der Waals surface area contributed by atoms with Gasteiger partial charge in [0.05, 0.1) is 5.92 Å². The van der Waals surface area contributed by atoms with Crippen molar-refractivity contribution in [2.24, 2.45) is 5.92 Å². The normalized spacial score (nSPS) is 11.7. The zero-order valence-corrected chi connectivity index (χ0v) is 23.0. The molecule has 0 nitrogen and oxygen atoms in total. The summed E-state index contributed by atoms with van der Waals surface area (Å²) in [5, 5.41) is 0. The summed E-state index contributed by atoms with van der Waals surface area (Å²) in [5.74, 6) is 9.84. The lowest BCUT2D eigenvalue weighted by Gasteiger charge is -2.04. The molecule has 1 atom stereocenters. The maximum Gasteiger partial charge on any atom is 0.0808 e. The van der Waals surface area contributed by atoms with E-state index >= 15 is 0 Å². The Balaban J connectivity index is 3.39. The lowest BCUT2D eigenvalue weighted by Crippen LogP contribution is -1.93. The number of unbranched alkanes of at least 4 members (excludes halogenated alkanes) is 23. The fourth-order valence-electron chi connectivity index (χ4n) is 4.64. The molecule has 0 N–H and O–H groups in total. The first-order chi connectivity index (χ1) is 16.3. The topological polar surface area (TPSA) is 0 Å². The van der Waals surface area contributed by atoms with Crippen molar-refractivity contribution in [2.45, 2.75) is 181 Å². The van der Waals surface area contributed by atoms with Crippen molar-refractivity contribution < 1.29 is 0 Å². The molecule has 0 aromatic carbocycles. The van der Waals surface area contributed by atoms with Crippen molar-refractivity contribution in [3.63, 3.8) is 0 Å². The van der Waals surface area contributed by atoms with E-state index in [1.54, 1.807) is 0 Å². The first-order valence-electron chi connectivity index (χ1n) is 15.3. The Morgan fingerprint density at radius 3 is 1.15 bits per heavy atom. The third-order valence-electron chi connectivity index (χ3n) is 6.98. The van der Waals surface area contributed by atoms with Gasteiger partial charge in [-0.1, -0.05) is 173 Å². The first kappa shape index (κ1) is 32.1. The Labute approximate surface area is 210 Å². The molecule has 0 aliphatic heterocycles. The van der Waals surface area contributed by atoms with Gasteiger partial charge < -0.3 is 0 Å². The summed E-state index contributed by atoms with van der Waals surface area (Å²) in [5.41, 5.74) is 0. The SMILES string of the molecule is C#CC(C#CCCCCCCCCCCCCCC)CCCCCCCCCCCCCC. The highest BCUT2D eigenvalue weighted by molar-refractivity contribution is 5.14. The van der Waals surface area contributed by atoms with Crippen molar-refractivity contribution in [1.82, 2.24) is 0 Å². The van der Waals surface area contributed by atoms with Gasteiger partial charge in [0, 0.05) is 6.42 Å². The van der Waals surface area contributed by atoms with Crippen molar-refractivity contribution in [1.29, 1.82) is 0 Å². The van der Waals surface area contributed by atoms with E-state index in [2.05, 4.69) is 31.6 Å². The van der Waals surface area contributed by atoms with Gasteiger partial charge in [-0.25, -0.2) is 0 Å². The van der Waals surface area contributed by atoms with E-state index in [1.165, 1.54) is 154 Å². The molecule has 0 bridgehead atoms. The molecule has 0 aromatic rings. The Morgan fingerprint density at radius 1 is 0.455 bits per heavy atom. The highest BCUT2D eigenvalue weighted by Gasteiger charge is 2.00. The molecule has 33 heavy (non-hydrogen) atoms. The third kappa shape index (κ3) is 27.2. The van der Waals surface area contributed by atoms with Crippen molar-refractivity contribution in [3.05, 3.63) is 0 Å². The summed E-state index contributed by atoms with van der Waals surface area (Å²) in [6, 6.07) is 0. The van der Waals surface area contributed by atoms with E-state index in [4.69, 9.17) is 6.42 Å². The lowest BCUT2D eigenvalue weighted by molar-refractivity contribution is 0.534. The van der Waals surface area contributed by atoms with Gasteiger partial charge in [0.15, 0.2) is 0 Å². The Morgan fingerprint density at radius 2 is 0.788 bits per heavy atom. The smallest absolute Gasteiger partial charge is 0.0808 e. The van der Waals surface area contributed by atoms with E-state index in [-0.39, 0.29) is 5.92 Å². The van der Waals surface area contributed by atoms with Crippen LogP contribution in [0.2, 0.25) is 0 Å². The van der Waals surface area contributed by atoms with Crippen LogP contribution in [0.15, 0.2) is 0 Å². The molecule has 0 aliphatic carbocycles. The van der Waals surface area contributed by atoms with E-state index < -0.39 is 0 Å². The van der Waals surface area contributed by atoms with Gasteiger partial charge >= 0.3 is 0 Å². The van der Waals surface area contributed by atoms with Crippen LogP contribution in [-0.2, 0) is 0 Å². The molecule has 0 heterocycles. The number of rotatable bonds is 25. The molecule has 0 aliphatic rings. The molecule has 0 saturated heterocycles. The number of hydrogen-bond acceptors (Lipinski definition) is 0. The van der Waals surface area contributed by atoms with Crippen LogP contribution in [0.5, 0.6) is 0 Å². The molecule has 0 saturated carbocycles. The quantitative estimate of drug-likeness (QED) is 0.0946. The predicted molar refractivity (Wildman–Crippen MR) is 151 cm³/mol. The molecule has 0 fully saturated rings. The van der Waals surface area contributed by atoms with Gasteiger partial charge in [-0.3, -0.25) is 0 Å². The van der Waals surface area contributed by atoms with Crippen molar-refractivity contribution in [2.75, 3.05) is 0 Å². The van der Waals surface area contributed by atoms with Crippen molar-refractivity contribution in [3.8, 4) is 24.2 Å². The minimum absolute atomic E-state index is 0.186. The second-order valence-electron chi connectivity index (χ2n) is 10.4. The van der Waals surface area contributed by atoms with Gasteiger partial charge in [-0.05, 0) is 12.8 Å². The van der Waals surface area contributed by atoms with E-state index in [0.29, 0.717) is 0 Å². The van der Waals surface area contributed by atoms with E-state index in [1.807, 2.05) is 0 Å². The number of hydrogen-bond donors (Lipinski definition) is 0. The monoisotopic (exact) mass is 456 g/mol. The molecule has 0 aromatic heterocycles. The Bertz CT molecular complexity index is 457. The van der Waals surface area contributed by atoms with Crippen LogP contribution in [0.4, 0.5) is 0 Å². The third-order valence-corrected chi connectivity index (χ3v) is 6.98. The molecule has 0 radical (unpaired) electrons. The Hall–Kier alpha value is -0.880. The molecule has 0 amide bonds. The molecular formula is C33H60. The van der Waals surface area contributed by atoms with Crippen LogP contribution >= 0.6 is 0 Å². The average Bonchev–Trinajstić information content (AvgIpc) is 2.83. The fraction of sp³-hybridized carbons (Fsp3) is 0.879. The second kappa shape index (κ2) is 29.2. The highest BCUT2D eigenvalue weighted by Crippen LogP contribution is 2.15. The standard InChI is InChI=1S/C33H60/c1-4-7-9-11-13-15-17-19-20-22-24-26-28-30-32-33(6-3)31-29-27-25-23-21-18-16-14-12-10-8-5-2/h3,33H,4-5,7-29,31H2,1-2H3. The van der Waals surface area contributed by atoms with Gasteiger partial charge in [0.2, 0.25) is 0 Å². The van der Waals surface area contributed by atoms with Gasteiger partial charge in [-0.15, -0.1) is 12.3 Å². The van der Waals surface area contributed by atoms with Gasteiger partial charge in [-0.2, -0.15) is 0 Å². The van der Waals surface area contributed by atoms with Crippen molar-refractivity contribution >= 4 is 0 Å². The summed E-state index contributed by atoms with van der Waals surface area (Å²) in [6.45, 7) is 4.58. The van der Waals surface area contributed by atoms with Crippen LogP contribution < -0.4 is 0 Å². The molecule has 0 heteroatoms. The summed E-state index contributed by atoms with van der Waals surface area (Å²) < 4.78 is 0. The van der Waals surface area contributed by atoms with Crippen LogP contribution in [0.3, 0.4) is 0 Å². The summed E-state index contributed by atoms with van der Waals surface area (Å²) in [6.07, 6.45) is 41.4. The van der Waals surface area contributed by atoms with E-state index in [9.17, 15) is 0 Å². The average molecular weight is 457 g/mol. The minimum Gasteiger partial charge on any atom is -0.119 e. The minimum atomic E-state index is 0.186. The maximum absolute atomic E-state index is 5.71. The zero-order valence-electron chi connectivity index (χ0n) is 23.0. The maximum atomic E-state index is 5.71. The van der Waals surface area contributed by atoms with Gasteiger partial charge in [0.1, 0.15) is 0 Å². The largest absolute Gasteiger partial charge is 0.119 e. The zero-order chi connectivity index (χ0) is 24.1. The Kier molecular flexibility index (Phi) is 28.4. The van der Waals surface area contributed by atoms with Crippen LogP contribution in [0.1, 0.15) is 181 Å². The van der Waals surface area contributed by atoms with Gasteiger partial charge in [0.25, 0.3) is 0 Å². The summed E-state index contributed by atoms with van der Waals surface area (Å²) >= 11 is 0. The predicted octanol–water partition coefficient (Wildman–Crippen LogP) is 11.4. The summed E-state index contributed by atoms with van der Waals surface area (Å²) in [4.78, 5) is 0. The van der Waals surface area contributed by atoms with E-state index in [0.717, 1.165) is 12.8 Å². The summed E-state index contributed by atoms with van der Waals surface area (Å²) in [7, 11) is 0. The number of terminal acetylenes is 1.